The average Bonchev–Trinajstić information content (AvgIpc) is 3.18. The Morgan fingerprint density at radius 3 is 2.74 bits per heavy atom. The summed E-state index contributed by atoms with van der Waals surface area (Å²) in [6, 6.07) is 8.89. The van der Waals surface area contributed by atoms with Crippen molar-refractivity contribution in [2.24, 2.45) is 5.92 Å². The highest BCUT2D eigenvalue weighted by Crippen LogP contribution is 2.29. The standard InChI is InChI=1S/C19H22FN3O2S2/c1-14-6-8-23(9-7-14)18(19-3-2-10-26-19)13-22-27(24,25)16-4-5-17(20)15(11-16)12-21/h2-5,10-11,14,18,22H,6-9,13H2,1H3. The van der Waals surface area contributed by atoms with Crippen LogP contribution in [-0.2, 0) is 10.0 Å². The Hall–Kier alpha value is -1.79. The summed E-state index contributed by atoms with van der Waals surface area (Å²) in [7, 11) is -3.84. The second-order valence-electron chi connectivity index (χ2n) is 6.86. The summed E-state index contributed by atoms with van der Waals surface area (Å²) < 4.78 is 41.5. The topological polar surface area (TPSA) is 73.2 Å². The second-order valence-corrected chi connectivity index (χ2v) is 9.60. The first-order valence-corrected chi connectivity index (χ1v) is 11.2. The molecule has 27 heavy (non-hydrogen) atoms. The molecule has 0 saturated carbocycles. The summed E-state index contributed by atoms with van der Waals surface area (Å²) in [6.45, 7) is 4.33. The van der Waals surface area contributed by atoms with Gasteiger partial charge in [-0.1, -0.05) is 13.0 Å². The molecule has 1 fully saturated rings. The largest absolute Gasteiger partial charge is 0.294 e. The fraction of sp³-hybridized carbons (Fsp3) is 0.421. The number of rotatable bonds is 6. The zero-order chi connectivity index (χ0) is 19.4. The van der Waals surface area contributed by atoms with Crippen LogP contribution in [0, 0.1) is 23.1 Å². The molecule has 8 heteroatoms. The van der Waals surface area contributed by atoms with Gasteiger partial charge in [0.2, 0.25) is 10.0 Å². The number of piperidine rings is 1. The number of hydrogen-bond acceptors (Lipinski definition) is 5. The van der Waals surface area contributed by atoms with Gasteiger partial charge >= 0.3 is 0 Å². The third-order valence-electron chi connectivity index (χ3n) is 4.97. The van der Waals surface area contributed by atoms with Gasteiger partial charge in [0.15, 0.2) is 0 Å². The van der Waals surface area contributed by atoms with Crippen LogP contribution in [0.25, 0.3) is 0 Å². The van der Waals surface area contributed by atoms with E-state index in [2.05, 4.69) is 16.5 Å². The van der Waals surface area contributed by atoms with Crippen LogP contribution in [0.15, 0.2) is 40.6 Å². The van der Waals surface area contributed by atoms with Crippen LogP contribution < -0.4 is 4.72 Å². The van der Waals surface area contributed by atoms with E-state index in [0.29, 0.717) is 5.92 Å². The van der Waals surface area contributed by atoms with Gasteiger partial charge in [0.05, 0.1) is 16.5 Å². The molecule has 1 unspecified atom stereocenters. The Labute approximate surface area is 163 Å². The summed E-state index contributed by atoms with van der Waals surface area (Å²) in [4.78, 5) is 3.33. The van der Waals surface area contributed by atoms with E-state index in [-0.39, 0.29) is 23.0 Å². The number of likely N-dealkylation sites (tertiary alicyclic amines) is 1. The van der Waals surface area contributed by atoms with Crippen LogP contribution in [0.4, 0.5) is 4.39 Å². The van der Waals surface area contributed by atoms with Gasteiger partial charge in [-0.05, 0) is 61.5 Å². The molecule has 2 heterocycles. The number of sulfonamides is 1. The minimum atomic E-state index is -3.84. The van der Waals surface area contributed by atoms with Gasteiger partial charge in [-0.2, -0.15) is 5.26 Å². The highest BCUT2D eigenvalue weighted by atomic mass is 32.2. The molecule has 1 aliphatic heterocycles. The van der Waals surface area contributed by atoms with Crippen molar-refractivity contribution in [2.45, 2.75) is 30.7 Å². The van der Waals surface area contributed by atoms with Crippen LogP contribution in [0.5, 0.6) is 0 Å². The molecule has 0 aliphatic carbocycles. The fourth-order valence-electron chi connectivity index (χ4n) is 3.26. The lowest BCUT2D eigenvalue weighted by atomic mass is 9.97. The zero-order valence-electron chi connectivity index (χ0n) is 15.1. The molecule has 1 N–H and O–H groups in total. The lowest BCUT2D eigenvalue weighted by Crippen LogP contribution is -2.41. The van der Waals surface area contributed by atoms with Crippen molar-refractivity contribution >= 4 is 21.4 Å². The van der Waals surface area contributed by atoms with Crippen molar-refractivity contribution in [1.29, 1.82) is 5.26 Å². The third-order valence-corrected chi connectivity index (χ3v) is 7.36. The fourth-order valence-corrected chi connectivity index (χ4v) is 5.18. The van der Waals surface area contributed by atoms with Crippen molar-refractivity contribution < 1.29 is 12.8 Å². The molecule has 0 amide bonds. The zero-order valence-corrected chi connectivity index (χ0v) is 16.7. The molecule has 1 aromatic carbocycles. The first-order chi connectivity index (χ1) is 12.9. The number of nitrogens with zero attached hydrogens (tertiary/aromatic N) is 2. The molecule has 3 rings (SSSR count). The highest BCUT2D eigenvalue weighted by Gasteiger charge is 2.27. The lowest BCUT2D eigenvalue weighted by Gasteiger charge is -2.36. The quantitative estimate of drug-likeness (QED) is 0.795. The molecule has 1 saturated heterocycles. The van der Waals surface area contributed by atoms with Crippen molar-refractivity contribution in [1.82, 2.24) is 9.62 Å². The number of thiophene rings is 1. The monoisotopic (exact) mass is 407 g/mol. The van der Waals surface area contributed by atoms with Gasteiger partial charge in [0.25, 0.3) is 0 Å². The van der Waals surface area contributed by atoms with Gasteiger partial charge in [-0.15, -0.1) is 11.3 Å². The predicted octanol–water partition coefficient (Wildman–Crippen LogP) is 3.51. The van der Waals surface area contributed by atoms with Gasteiger partial charge < -0.3 is 0 Å². The first kappa shape index (κ1) is 20.0. The van der Waals surface area contributed by atoms with E-state index >= 15 is 0 Å². The summed E-state index contributed by atoms with van der Waals surface area (Å²) in [5, 5.41) is 10.9. The molecule has 0 radical (unpaired) electrons. The van der Waals surface area contributed by atoms with Crippen LogP contribution in [0.2, 0.25) is 0 Å². The van der Waals surface area contributed by atoms with Crippen LogP contribution in [-0.4, -0.2) is 33.0 Å². The number of benzene rings is 1. The van der Waals surface area contributed by atoms with E-state index in [9.17, 15) is 12.8 Å². The minimum Gasteiger partial charge on any atom is -0.294 e. The maximum atomic E-state index is 13.5. The van der Waals surface area contributed by atoms with E-state index in [1.54, 1.807) is 17.4 Å². The molecule has 5 nitrogen and oxygen atoms in total. The van der Waals surface area contributed by atoms with E-state index < -0.39 is 15.8 Å². The Morgan fingerprint density at radius 1 is 1.37 bits per heavy atom. The molecule has 0 bridgehead atoms. The van der Waals surface area contributed by atoms with Gasteiger partial charge in [-0.3, -0.25) is 4.90 Å². The molecule has 1 aromatic heterocycles. The van der Waals surface area contributed by atoms with Crippen molar-refractivity contribution in [3.05, 3.63) is 52.0 Å². The van der Waals surface area contributed by atoms with Crippen molar-refractivity contribution in [2.75, 3.05) is 19.6 Å². The SMILES string of the molecule is CC1CCN(C(CNS(=O)(=O)c2ccc(F)c(C#N)c2)c2cccs2)CC1. The molecular formula is C19H22FN3O2S2. The number of nitriles is 1. The van der Waals surface area contributed by atoms with E-state index in [1.165, 1.54) is 6.07 Å². The van der Waals surface area contributed by atoms with Crippen molar-refractivity contribution in [3.63, 3.8) is 0 Å². The van der Waals surface area contributed by atoms with Gasteiger partial charge in [-0.25, -0.2) is 17.5 Å². The molecular weight excluding hydrogens is 385 g/mol. The van der Waals surface area contributed by atoms with Gasteiger partial charge in [0.1, 0.15) is 11.9 Å². The Balaban J connectivity index is 1.77. The number of halogens is 1. The summed E-state index contributed by atoms with van der Waals surface area (Å²) in [6.07, 6.45) is 2.19. The first-order valence-electron chi connectivity index (χ1n) is 8.87. The third kappa shape index (κ3) is 4.74. The summed E-state index contributed by atoms with van der Waals surface area (Å²) >= 11 is 1.61. The van der Waals surface area contributed by atoms with E-state index in [0.717, 1.165) is 42.9 Å². The average molecular weight is 408 g/mol. The Kier molecular flexibility index (Phi) is 6.27. The Bertz CT molecular complexity index is 915. The molecule has 2 aromatic rings. The minimum absolute atomic E-state index is 0.0387. The maximum Gasteiger partial charge on any atom is 0.240 e. The summed E-state index contributed by atoms with van der Waals surface area (Å²) in [5.41, 5.74) is -0.280. The van der Waals surface area contributed by atoms with Crippen LogP contribution in [0.1, 0.15) is 36.2 Å². The molecule has 0 spiro atoms. The lowest BCUT2D eigenvalue weighted by molar-refractivity contribution is 0.141. The van der Waals surface area contributed by atoms with E-state index in [4.69, 9.17) is 5.26 Å². The smallest absolute Gasteiger partial charge is 0.240 e. The van der Waals surface area contributed by atoms with Crippen LogP contribution in [0.3, 0.4) is 0 Å². The molecule has 1 aliphatic rings. The predicted molar refractivity (Wildman–Crippen MR) is 103 cm³/mol. The number of nitrogens with one attached hydrogen (secondary N) is 1. The summed E-state index contributed by atoms with van der Waals surface area (Å²) in [5.74, 6) is -0.0408. The molecule has 1 atom stereocenters. The van der Waals surface area contributed by atoms with Crippen molar-refractivity contribution in [3.8, 4) is 6.07 Å². The maximum absolute atomic E-state index is 13.5. The second kappa shape index (κ2) is 8.48. The highest BCUT2D eigenvalue weighted by molar-refractivity contribution is 7.89. The number of hydrogen-bond donors (Lipinski definition) is 1. The normalized spacial score (nSPS) is 17.5. The van der Waals surface area contributed by atoms with Crippen LogP contribution >= 0.6 is 11.3 Å². The molecule has 144 valence electrons. The van der Waals surface area contributed by atoms with E-state index in [1.807, 2.05) is 17.5 Å². The Morgan fingerprint density at radius 2 is 2.11 bits per heavy atom. The van der Waals surface area contributed by atoms with Gasteiger partial charge in [0, 0.05) is 11.4 Å².